The fourth-order valence-corrected chi connectivity index (χ4v) is 2.85. The van der Waals surface area contributed by atoms with E-state index in [-0.39, 0.29) is 5.91 Å². The number of nitrogens with zero attached hydrogens (tertiary/aromatic N) is 2. The Morgan fingerprint density at radius 2 is 2.04 bits per heavy atom. The minimum absolute atomic E-state index is 0.305. The van der Waals surface area contributed by atoms with Crippen LogP contribution in [0.15, 0.2) is 58.1 Å². The summed E-state index contributed by atoms with van der Waals surface area (Å²) in [6.07, 6.45) is 1.55. The van der Waals surface area contributed by atoms with E-state index >= 15 is 0 Å². The van der Waals surface area contributed by atoms with Gasteiger partial charge in [0, 0.05) is 15.4 Å². The van der Waals surface area contributed by atoms with Gasteiger partial charge in [0.25, 0.3) is 5.91 Å². The lowest BCUT2D eigenvalue weighted by molar-refractivity contribution is 0.0954. The van der Waals surface area contributed by atoms with Crippen molar-refractivity contribution < 1.29 is 9.53 Å². The second-order valence-corrected chi connectivity index (χ2v) is 6.32. The molecule has 0 fully saturated rings. The molecule has 0 saturated heterocycles. The summed E-state index contributed by atoms with van der Waals surface area (Å²) < 4.78 is 6.17. The average Bonchev–Trinajstić information content (AvgIpc) is 2.61. The second kappa shape index (κ2) is 7.44. The standard InChI is InChI=1S/C19H16BrN3O2/c1-12-16(10-13-5-3-4-6-17(13)22-12)19(24)23-21-11-14-9-15(20)7-8-18(14)25-2/h3-11H,1-2H3,(H,23,24). The summed E-state index contributed by atoms with van der Waals surface area (Å²) in [7, 11) is 1.59. The van der Waals surface area contributed by atoms with Crippen molar-refractivity contribution in [1.82, 2.24) is 10.4 Å². The summed E-state index contributed by atoms with van der Waals surface area (Å²) in [5.41, 5.74) is 5.31. The van der Waals surface area contributed by atoms with E-state index in [0.717, 1.165) is 20.9 Å². The van der Waals surface area contributed by atoms with Crippen molar-refractivity contribution in [2.24, 2.45) is 5.10 Å². The van der Waals surface area contributed by atoms with Gasteiger partial charge in [-0.3, -0.25) is 9.78 Å². The van der Waals surface area contributed by atoms with Crippen molar-refractivity contribution in [2.45, 2.75) is 6.92 Å². The summed E-state index contributed by atoms with van der Waals surface area (Å²) >= 11 is 3.40. The van der Waals surface area contributed by atoms with Crippen molar-refractivity contribution in [2.75, 3.05) is 7.11 Å². The first-order valence-electron chi connectivity index (χ1n) is 7.62. The van der Waals surface area contributed by atoms with Gasteiger partial charge in [-0.05, 0) is 37.3 Å². The molecule has 0 saturated carbocycles. The molecule has 1 aromatic heterocycles. The van der Waals surface area contributed by atoms with Gasteiger partial charge in [0.05, 0.1) is 30.1 Å². The fourth-order valence-electron chi connectivity index (χ4n) is 2.47. The van der Waals surface area contributed by atoms with Crippen LogP contribution in [-0.2, 0) is 0 Å². The van der Waals surface area contributed by atoms with Crippen molar-refractivity contribution >= 4 is 39.0 Å². The van der Waals surface area contributed by atoms with Crippen LogP contribution in [0.3, 0.4) is 0 Å². The Bertz CT molecular complexity index is 970. The van der Waals surface area contributed by atoms with Crippen molar-refractivity contribution in [3.63, 3.8) is 0 Å². The van der Waals surface area contributed by atoms with Crippen LogP contribution in [-0.4, -0.2) is 24.2 Å². The monoisotopic (exact) mass is 397 g/mol. The van der Waals surface area contributed by atoms with E-state index < -0.39 is 0 Å². The molecule has 0 aliphatic carbocycles. The molecule has 3 aromatic rings. The van der Waals surface area contributed by atoms with E-state index in [0.29, 0.717) is 17.0 Å². The number of hydrazone groups is 1. The molecule has 1 amide bonds. The molecule has 25 heavy (non-hydrogen) atoms. The van der Waals surface area contributed by atoms with Crippen LogP contribution in [0.1, 0.15) is 21.6 Å². The van der Waals surface area contributed by atoms with Crippen LogP contribution in [0.2, 0.25) is 0 Å². The Morgan fingerprint density at radius 1 is 1.24 bits per heavy atom. The Balaban J connectivity index is 1.81. The van der Waals surface area contributed by atoms with E-state index in [1.807, 2.05) is 55.5 Å². The molecule has 5 nitrogen and oxygen atoms in total. The molecule has 0 aliphatic heterocycles. The Kier molecular flexibility index (Phi) is 5.09. The number of carbonyl (C=O) groups is 1. The second-order valence-electron chi connectivity index (χ2n) is 5.40. The maximum Gasteiger partial charge on any atom is 0.273 e. The Morgan fingerprint density at radius 3 is 2.84 bits per heavy atom. The number of ether oxygens (including phenoxy) is 1. The van der Waals surface area contributed by atoms with Crippen LogP contribution in [0, 0.1) is 6.92 Å². The molecule has 0 unspecified atom stereocenters. The molecule has 0 radical (unpaired) electrons. The average molecular weight is 398 g/mol. The molecule has 6 heteroatoms. The molecular weight excluding hydrogens is 382 g/mol. The minimum atomic E-state index is -0.305. The molecule has 126 valence electrons. The van der Waals surface area contributed by atoms with Crippen LogP contribution in [0.25, 0.3) is 10.9 Å². The van der Waals surface area contributed by atoms with Crippen molar-refractivity contribution in [1.29, 1.82) is 0 Å². The lowest BCUT2D eigenvalue weighted by Crippen LogP contribution is -2.19. The van der Waals surface area contributed by atoms with Gasteiger partial charge in [0.15, 0.2) is 0 Å². The number of hydrogen-bond acceptors (Lipinski definition) is 4. The number of aromatic nitrogens is 1. The van der Waals surface area contributed by atoms with Gasteiger partial charge in [0.2, 0.25) is 0 Å². The third kappa shape index (κ3) is 3.85. The lowest BCUT2D eigenvalue weighted by atomic mass is 10.1. The summed E-state index contributed by atoms with van der Waals surface area (Å²) in [5, 5.41) is 4.95. The van der Waals surface area contributed by atoms with Crippen LogP contribution >= 0.6 is 15.9 Å². The number of carbonyl (C=O) groups excluding carboxylic acids is 1. The smallest absolute Gasteiger partial charge is 0.273 e. The molecular formula is C19H16BrN3O2. The van der Waals surface area contributed by atoms with Gasteiger partial charge in [-0.15, -0.1) is 0 Å². The van der Waals surface area contributed by atoms with Gasteiger partial charge in [-0.25, -0.2) is 5.43 Å². The summed E-state index contributed by atoms with van der Waals surface area (Å²) in [4.78, 5) is 16.9. The zero-order valence-corrected chi connectivity index (χ0v) is 15.4. The van der Waals surface area contributed by atoms with E-state index in [2.05, 4.69) is 31.4 Å². The molecule has 0 bridgehead atoms. The van der Waals surface area contributed by atoms with E-state index in [9.17, 15) is 4.79 Å². The molecule has 0 atom stereocenters. The number of methoxy groups -OCH3 is 1. The minimum Gasteiger partial charge on any atom is -0.496 e. The SMILES string of the molecule is COc1ccc(Br)cc1C=NNC(=O)c1cc2ccccc2nc1C. The van der Waals surface area contributed by atoms with E-state index in [1.165, 1.54) is 0 Å². The third-order valence-electron chi connectivity index (χ3n) is 3.72. The fraction of sp³-hybridized carbons (Fsp3) is 0.105. The molecule has 0 spiro atoms. The quantitative estimate of drug-likeness (QED) is 0.532. The van der Waals surface area contributed by atoms with Crippen molar-refractivity contribution in [3.8, 4) is 5.75 Å². The summed E-state index contributed by atoms with van der Waals surface area (Å²) in [5.74, 6) is 0.366. The van der Waals surface area contributed by atoms with Gasteiger partial charge in [-0.2, -0.15) is 5.10 Å². The van der Waals surface area contributed by atoms with Gasteiger partial charge < -0.3 is 4.74 Å². The Labute approximate surface area is 153 Å². The number of para-hydroxylation sites is 1. The third-order valence-corrected chi connectivity index (χ3v) is 4.21. The molecule has 3 rings (SSSR count). The van der Waals surface area contributed by atoms with Crippen LogP contribution < -0.4 is 10.2 Å². The van der Waals surface area contributed by atoms with E-state index in [4.69, 9.17) is 4.74 Å². The predicted octanol–water partition coefficient (Wildman–Crippen LogP) is 4.08. The molecule has 1 heterocycles. The molecule has 1 N–H and O–H groups in total. The summed E-state index contributed by atoms with van der Waals surface area (Å²) in [6.45, 7) is 1.81. The highest BCUT2D eigenvalue weighted by molar-refractivity contribution is 9.10. The Hall–Kier alpha value is -2.73. The van der Waals surface area contributed by atoms with Crippen LogP contribution in [0.4, 0.5) is 0 Å². The highest BCUT2D eigenvalue weighted by Gasteiger charge is 2.11. The van der Waals surface area contributed by atoms with Crippen LogP contribution in [0.5, 0.6) is 5.75 Å². The number of pyridine rings is 1. The number of amides is 1. The predicted molar refractivity (Wildman–Crippen MR) is 102 cm³/mol. The number of hydrogen-bond donors (Lipinski definition) is 1. The largest absolute Gasteiger partial charge is 0.496 e. The number of aryl methyl sites for hydroxylation is 1. The zero-order valence-electron chi connectivity index (χ0n) is 13.8. The van der Waals surface area contributed by atoms with E-state index in [1.54, 1.807) is 13.3 Å². The normalized spacial score (nSPS) is 11.0. The number of benzene rings is 2. The number of nitrogens with one attached hydrogen (secondary N) is 1. The first-order valence-corrected chi connectivity index (χ1v) is 8.41. The first-order chi connectivity index (χ1) is 12.1. The van der Waals surface area contributed by atoms with Gasteiger partial charge in [0.1, 0.15) is 5.75 Å². The van der Waals surface area contributed by atoms with Gasteiger partial charge in [-0.1, -0.05) is 34.1 Å². The lowest BCUT2D eigenvalue weighted by Gasteiger charge is -2.07. The highest BCUT2D eigenvalue weighted by atomic mass is 79.9. The molecule has 2 aromatic carbocycles. The van der Waals surface area contributed by atoms with Crippen molar-refractivity contribution in [3.05, 3.63) is 69.8 Å². The number of halogens is 1. The summed E-state index contributed by atoms with van der Waals surface area (Å²) in [6, 6.07) is 15.1. The number of rotatable bonds is 4. The van der Waals surface area contributed by atoms with Gasteiger partial charge >= 0.3 is 0 Å². The number of fused-ring (bicyclic) bond motifs is 1. The molecule has 0 aliphatic rings. The zero-order chi connectivity index (χ0) is 17.8. The highest BCUT2D eigenvalue weighted by Crippen LogP contribution is 2.21. The maximum absolute atomic E-state index is 12.4. The topological polar surface area (TPSA) is 63.6 Å². The first kappa shape index (κ1) is 17.1. The maximum atomic E-state index is 12.4.